The Morgan fingerprint density at radius 1 is 1.28 bits per heavy atom. The summed E-state index contributed by atoms with van der Waals surface area (Å²) >= 11 is 0. The predicted molar refractivity (Wildman–Crippen MR) is 66.0 cm³/mol. The van der Waals surface area contributed by atoms with E-state index in [9.17, 15) is 9.59 Å². The first-order valence-corrected chi connectivity index (χ1v) is 5.79. The molecule has 1 fully saturated rings. The zero-order valence-corrected chi connectivity index (χ0v) is 9.80. The monoisotopic (exact) mass is 249 g/mol. The minimum Gasteiger partial charge on any atom is -0.465 e. The van der Waals surface area contributed by atoms with E-state index in [1.54, 1.807) is 0 Å². The van der Waals surface area contributed by atoms with Crippen LogP contribution in [-0.4, -0.2) is 34.6 Å². The highest BCUT2D eigenvalue weighted by molar-refractivity contribution is 5.86. The number of nitrogens with one attached hydrogen (secondary N) is 2. The molecule has 0 radical (unpaired) electrons. The number of hydrazine groups is 1. The summed E-state index contributed by atoms with van der Waals surface area (Å²) in [5, 5.41) is 8.94. The van der Waals surface area contributed by atoms with Gasteiger partial charge in [0.15, 0.2) is 0 Å². The van der Waals surface area contributed by atoms with Crippen LogP contribution in [-0.2, 0) is 4.79 Å². The van der Waals surface area contributed by atoms with E-state index in [1.807, 2.05) is 30.3 Å². The van der Waals surface area contributed by atoms with Gasteiger partial charge in [0.05, 0.1) is 5.69 Å². The van der Waals surface area contributed by atoms with Gasteiger partial charge in [-0.25, -0.2) is 4.79 Å². The third-order valence-corrected chi connectivity index (χ3v) is 2.90. The Bertz CT molecular complexity index is 435. The Hall–Kier alpha value is -2.24. The van der Waals surface area contributed by atoms with Gasteiger partial charge in [0, 0.05) is 6.54 Å². The van der Waals surface area contributed by atoms with E-state index in [2.05, 4.69) is 10.9 Å². The lowest BCUT2D eigenvalue weighted by Crippen LogP contribution is -2.47. The van der Waals surface area contributed by atoms with Crippen molar-refractivity contribution in [3.8, 4) is 0 Å². The van der Waals surface area contributed by atoms with Gasteiger partial charge >= 0.3 is 6.09 Å². The normalized spacial score (nSPS) is 18.4. The fourth-order valence-electron chi connectivity index (χ4n) is 2.01. The predicted octanol–water partition coefficient (Wildman–Crippen LogP) is 1.27. The molecule has 0 bridgehead atoms. The maximum absolute atomic E-state index is 11.9. The first-order chi connectivity index (χ1) is 8.68. The minimum absolute atomic E-state index is 0.321. The molecule has 1 saturated heterocycles. The Balaban J connectivity index is 1.90. The van der Waals surface area contributed by atoms with Gasteiger partial charge in [0.25, 0.3) is 5.91 Å². The van der Waals surface area contributed by atoms with Crippen LogP contribution < -0.4 is 10.9 Å². The third kappa shape index (κ3) is 2.71. The highest BCUT2D eigenvalue weighted by atomic mass is 16.4. The van der Waals surface area contributed by atoms with Gasteiger partial charge in [-0.15, -0.1) is 0 Å². The molecular formula is C12H15N3O3. The smallest absolute Gasteiger partial charge is 0.407 e. The summed E-state index contributed by atoms with van der Waals surface area (Å²) in [5.41, 5.74) is 6.05. The van der Waals surface area contributed by atoms with Gasteiger partial charge in [-0.2, -0.15) is 0 Å². The average molecular weight is 249 g/mol. The molecule has 1 aliphatic heterocycles. The zero-order valence-electron chi connectivity index (χ0n) is 9.80. The molecule has 1 aromatic rings. The van der Waals surface area contributed by atoms with Gasteiger partial charge in [-0.3, -0.25) is 20.5 Å². The van der Waals surface area contributed by atoms with E-state index in [-0.39, 0.29) is 5.91 Å². The number of hydrogen-bond acceptors (Lipinski definition) is 3. The van der Waals surface area contributed by atoms with Gasteiger partial charge < -0.3 is 5.11 Å². The van der Waals surface area contributed by atoms with E-state index in [1.165, 1.54) is 4.90 Å². The first-order valence-electron chi connectivity index (χ1n) is 5.79. The summed E-state index contributed by atoms with van der Waals surface area (Å²) in [7, 11) is 0. The Morgan fingerprint density at radius 2 is 2.00 bits per heavy atom. The fraction of sp³-hybridized carbons (Fsp3) is 0.333. The van der Waals surface area contributed by atoms with Crippen molar-refractivity contribution < 1.29 is 14.7 Å². The number of para-hydroxylation sites is 1. The summed E-state index contributed by atoms with van der Waals surface area (Å²) < 4.78 is 0. The lowest BCUT2D eigenvalue weighted by Gasteiger charge is -2.21. The van der Waals surface area contributed by atoms with Gasteiger partial charge in [0.1, 0.15) is 6.04 Å². The Kier molecular flexibility index (Phi) is 3.66. The Labute approximate surface area is 105 Å². The number of benzene rings is 1. The molecule has 0 spiro atoms. The van der Waals surface area contributed by atoms with E-state index < -0.39 is 12.1 Å². The van der Waals surface area contributed by atoms with Crippen LogP contribution in [0, 0.1) is 0 Å². The van der Waals surface area contributed by atoms with Crippen molar-refractivity contribution in [2.24, 2.45) is 0 Å². The number of hydrogen-bond donors (Lipinski definition) is 3. The standard InChI is InChI=1S/C12H15N3O3/c16-11(10-7-4-8-15(10)12(17)18)14-13-9-5-2-1-3-6-9/h1-3,5-6,10,13H,4,7-8H2,(H,14,16)(H,17,18)/t10-/m0/s1. The summed E-state index contributed by atoms with van der Waals surface area (Å²) in [6.07, 6.45) is 0.233. The molecule has 1 atom stereocenters. The van der Waals surface area contributed by atoms with E-state index in [0.717, 1.165) is 12.1 Å². The molecule has 3 N–H and O–H groups in total. The number of carbonyl (C=O) groups excluding carboxylic acids is 1. The second kappa shape index (κ2) is 5.39. The number of carboxylic acid groups (broad SMARTS) is 1. The highest BCUT2D eigenvalue weighted by Gasteiger charge is 2.33. The van der Waals surface area contributed by atoms with Crippen molar-refractivity contribution in [1.29, 1.82) is 0 Å². The number of rotatable bonds is 3. The molecule has 0 unspecified atom stereocenters. The van der Waals surface area contributed by atoms with E-state index >= 15 is 0 Å². The van der Waals surface area contributed by atoms with Crippen LogP contribution in [0.5, 0.6) is 0 Å². The molecule has 0 aromatic heterocycles. The number of amides is 2. The molecule has 96 valence electrons. The zero-order chi connectivity index (χ0) is 13.0. The van der Waals surface area contributed by atoms with Crippen molar-refractivity contribution >= 4 is 17.7 Å². The summed E-state index contributed by atoms with van der Waals surface area (Å²) in [5.74, 6) is -0.321. The first kappa shape index (κ1) is 12.2. The summed E-state index contributed by atoms with van der Waals surface area (Å²) in [6, 6.07) is 8.57. The number of likely N-dealkylation sites (tertiary alicyclic amines) is 1. The van der Waals surface area contributed by atoms with Crippen molar-refractivity contribution in [2.75, 3.05) is 12.0 Å². The lowest BCUT2D eigenvalue weighted by atomic mass is 10.2. The summed E-state index contributed by atoms with van der Waals surface area (Å²) in [4.78, 5) is 23.9. The van der Waals surface area contributed by atoms with Crippen LogP contribution in [0.25, 0.3) is 0 Å². The van der Waals surface area contributed by atoms with Crippen molar-refractivity contribution in [3.05, 3.63) is 30.3 Å². The van der Waals surface area contributed by atoms with E-state index in [4.69, 9.17) is 5.11 Å². The van der Waals surface area contributed by atoms with Gasteiger partial charge in [-0.1, -0.05) is 18.2 Å². The van der Waals surface area contributed by atoms with Crippen LogP contribution in [0.4, 0.5) is 10.5 Å². The third-order valence-electron chi connectivity index (χ3n) is 2.90. The molecule has 1 aliphatic rings. The molecular weight excluding hydrogens is 234 g/mol. The molecule has 0 aliphatic carbocycles. The van der Waals surface area contributed by atoms with Crippen LogP contribution in [0.15, 0.2) is 30.3 Å². The van der Waals surface area contributed by atoms with Crippen LogP contribution in [0.3, 0.4) is 0 Å². The fourth-order valence-corrected chi connectivity index (χ4v) is 2.01. The molecule has 6 nitrogen and oxygen atoms in total. The van der Waals surface area contributed by atoms with Gasteiger partial charge in [0.2, 0.25) is 0 Å². The molecule has 1 heterocycles. The SMILES string of the molecule is O=C(NNc1ccccc1)[C@@H]1CCCN1C(=O)O. The molecule has 1 aromatic carbocycles. The van der Waals surface area contributed by atoms with Crippen molar-refractivity contribution in [2.45, 2.75) is 18.9 Å². The summed E-state index contributed by atoms with van der Waals surface area (Å²) in [6.45, 7) is 0.415. The van der Waals surface area contributed by atoms with Crippen LogP contribution in [0.1, 0.15) is 12.8 Å². The van der Waals surface area contributed by atoms with Crippen molar-refractivity contribution in [1.82, 2.24) is 10.3 Å². The molecule has 18 heavy (non-hydrogen) atoms. The van der Waals surface area contributed by atoms with Crippen LogP contribution in [0.2, 0.25) is 0 Å². The maximum atomic E-state index is 11.9. The second-order valence-corrected chi connectivity index (χ2v) is 4.11. The van der Waals surface area contributed by atoms with Crippen molar-refractivity contribution in [3.63, 3.8) is 0 Å². The topological polar surface area (TPSA) is 81.7 Å². The lowest BCUT2D eigenvalue weighted by molar-refractivity contribution is -0.124. The maximum Gasteiger partial charge on any atom is 0.407 e. The molecule has 2 rings (SSSR count). The van der Waals surface area contributed by atoms with Crippen LogP contribution >= 0.6 is 0 Å². The number of nitrogens with zero attached hydrogens (tertiary/aromatic N) is 1. The molecule has 6 heteroatoms. The average Bonchev–Trinajstić information content (AvgIpc) is 2.86. The number of anilines is 1. The quantitative estimate of drug-likeness (QED) is 0.705. The number of carbonyl (C=O) groups is 2. The largest absolute Gasteiger partial charge is 0.465 e. The Morgan fingerprint density at radius 3 is 2.67 bits per heavy atom. The van der Waals surface area contributed by atoms with E-state index in [0.29, 0.717) is 13.0 Å². The highest BCUT2D eigenvalue weighted by Crippen LogP contribution is 2.17. The van der Waals surface area contributed by atoms with Gasteiger partial charge in [-0.05, 0) is 25.0 Å². The molecule has 2 amide bonds. The minimum atomic E-state index is -1.05. The molecule has 0 saturated carbocycles. The second-order valence-electron chi connectivity index (χ2n) is 4.11.